The first-order chi connectivity index (χ1) is 7.13. The van der Waals surface area contributed by atoms with E-state index in [-0.39, 0.29) is 0 Å². The Morgan fingerprint density at radius 3 is 2.40 bits per heavy atom. The van der Waals surface area contributed by atoms with Crippen molar-refractivity contribution < 1.29 is 9.47 Å². The molecule has 0 heterocycles. The lowest BCUT2D eigenvalue weighted by molar-refractivity contribution is 0.0774. The van der Waals surface area contributed by atoms with Gasteiger partial charge in [-0.15, -0.1) is 0 Å². The van der Waals surface area contributed by atoms with Gasteiger partial charge in [-0.3, -0.25) is 0 Å². The number of rotatable bonds is 9. The van der Waals surface area contributed by atoms with Crippen molar-refractivity contribution in [3.63, 3.8) is 0 Å². The van der Waals surface area contributed by atoms with Gasteiger partial charge in [0.15, 0.2) is 0 Å². The van der Waals surface area contributed by atoms with E-state index in [4.69, 9.17) is 9.47 Å². The Labute approximate surface area is 94.7 Å². The fourth-order valence-electron chi connectivity index (χ4n) is 1.08. The third-order valence-electron chi connectivity index (χ3n) is 1.80. The quantitative estimate of drug-likeness (QED) is 0.432. The van der Waals surface area contributed by atoms with Crippen LogP contribution >= 0.6 is 0 Å². The molecular weight excluding hydrogens is 188 g/mol. The summed E-state index contributed by atoms with van der Waals surface area (Å²) in [5.74, 6) is 0.623. The van der Waals surface area contributed by atoms with Gasteiger partial charge in [-0.05, 0) is 32.6 Å². The zero-order chi connectivity index (χ0) is 11.5. The first kappa shape index (κ1) is 14.7. The Hall–Kier alpha value is -0.340. The zero-order valence-electron chi connectivity index (χ0n) is 10.7. The molecule has 0 aliphatic rings. The first-order valence-electron chi connectivity index (χ1n) is 5.97. The van der Waals surface area contributed by atoms with Crippen LogP contribution < -0.4 is 0 Å². The van der Waals surface area contributed by atoms with Gasteiger partial charge in [0.2, 0.25) is 0 Å². The summed E-state index contributed by atoms with van der Waals surface area (Å²) in [5, 5.41) is 0. The molecule has 2 nitrogen and oxygen atoms in total. The second-order valence-corrected chi connectivity index (χ2v) is 4.46. The van der Waals surface area contributed by atoms with Gasteiger partial charge in [-0.1, -0.05) is 26.0 Å². The summed E-state index contributed by atoms with van der Waals surface area (Å²) in [6.45, 7) is 10.9. The van der Waals surface area contributed by atoms with Crippen molar-refractivity contribution in [3.8, 4) is 0 Å². The fourth-order valence-corrected chi connectivity index (χ4v) is 1.08. The normalized spacial score (nSPS) is 12.1. The molecule has 0 aromatic heterocycles. The van der Waals surface area contributed by atoms with Crippen molar-refractivity contribution in [1.29, 1.82) is 0 Å². The largest absolute Gasteiger partial charge is 0.379 e. The molecule has 0 aliphatic carbocycles. The smallest absolute Gasteiger partial charge is 0.0647 e. The number of allylic oxidation sites excluding steroid dienone is 1. The number of unbranched alkanes of at least 4 members (excludes halogenated alkanes) is 1. The topological polar surface area (TPSA) is 18.5 Å². The van der Waals surface area contributed by atoms with Crippen LogP contribution in [0.4, 0.5) is 0 Å². The summed E-state index contributed by atoms with van der Waals surface area (Å²) in [6, 6.07) is 0. The fraction of sp³-hybridized carbons (Fsp3) is 0.846. The van der Waals surface area contributed by atoms with Crippen LogP contribution in [-0.2, 0) is 9.47 Å². The lowest BCUT2D eigenvalue weighted by Crippen LogP contribution is -2.03. The van der Waals surface area contributed by atoms with Crippen LogP contribution in [0.15, 0.2) is 12.2 Å². The minimum absolute atomic E-state index is 0.350. The average molecular weight is 214 g/mol. The Morgan fingerprint density at radius 2 is 1.80 bits per heavy atom. The van der Waals surface area contributed by atoms with Gasteiger partial charge in [0.05, 0.1) is 12.7 Å². The van der Waals surface area contributed by atoms with Crippen LogP contribution in [0.2, 0.25) is 0 Å². The van der Waals surface area contributed by atoms with E-state index in [2.05, 4.69) is 39.8 Å². The molecule has 0 rings (SSSR count). The molecule has 0 unspecified atom stereocenters. The number of hydrogen-bond donors (Lipinski definition) is 0. The molecule has 0 amide bonds. The van der Waals surface area contributed by atoms with Crippen molar-refractivity contribution in [3.05, 3.63) is 12.2 Å². The van der Waals surface area contributed by atoms with Crippen LogP contribution in [0, 0.1) is 5.92 Å². The molecule has 15 heavy (non-hydrogen) atoms. The van der Waals surface area contributed by atoms with Gasteiger partial charge in [0.1, 0.15) is 0 Å². The standard InChI is InChI=1S/C13H26O2/c1-12(2)11-14-9-7-5-6-8-10-15-13(3)4/h5,7,12-13H,6,8-11H2,1-4H3/b7-5+. The molecule has 0 saturated carbocycles. The molecule has 0 aromatic carbocycles. The van der Waals surface area contributed by atoms with Gasteiger partial charge in [0.25, 0.3) is 0 Å². The summed E-state index contributed by atoms with van der Waals surface area (Å²) in [6.07, 6.45) is 6.79. The Balaban J connectivity index is 3.11. The van der Waals surface area contributed by atoms with E-state index in [0.717, 1.165) is 32.7 Å². The van der Waals surface area contributed by atoms with Crippen LogP contribution in [0.25, 0.3) is 0 Å². The Kier molecular flexibility index (Phi) is 9.96. The molecular formula is C13H26O2. The molecule has 2 heteroatoms. The van der Waals surface area contributed by atoms with Crippen molar-refractivity contribution in [2.45, 2.75) is 46.6 Å². The van der Waals surface area contributed by atoms with Gasteiger partial charge in [0, 0.05) is 13.2 Å². The summed E-state index contributed by atoms with van der Waals surface area (Å²) in [4.78, 5) is 0. The maximum absolute atomic E-state index is 5.44. The second kappa shape index (κ2) is 10.2. The van der Waals surface area contributed by atoms with E-state index in [0.29, 0.717) is 12.0 Å². The highest BCUT2D eigenvalue weighted by Crippen LogP contribution is 1.96. The van der Waals surface area contributed by atoms with Crippen molar-refractivity contribution in [2.24, 2.45) is 5.92 Å². The van der Waals surface area contributed by atoms with E-state index in [1.807, 2.05) is 0 Å². The Morgan fingerprint density at radius 1 is 1.07 bits per heavy atom. The van der Waals surface area contributed by atoms with Gasteiger partial charge < -0.3 is 9.47 Å². The maximum atomic E-state index is 5.44. The highest BCUT2D eigenvalue weighted by Gasteiger charge is 1.92. The second-order valence-electron chi connectivity index (χ2n) is 4.46. The predicted octanol–water partition coefficient (Wildman–Crippen LogP) is 3.42. The molecule has 90 valence electrons. The third kappa shape index (κ3) is 13.7. The molecule has 0 bridgehead atoms. The highest BCUT2D eigenvalue weighted by atomic mass is 16.5. The van der Waals surface area contributed by atoms with E-state index >= 15 is 0 Å². The van der Waals surface area contributed by atoms with Crippen LogP contribution in [0.1, 0.15) is 40.5 Å². The molecule has 0 atom stereocenters. The summed E-state index contributed by atoms with van der Waals surface area (Å²) in [7, 11) is 0. The van der Waals surface area contributed by atoms with E-state index < -0.39 is 0 Å². The molecule has 0 aliphatic heterocycles. The lowest BCUT2D eigenvalue weighted by atomic mass is 10.2. The lowest BCUT2D eigenvalue weighted by Gasteiger charge is -2.05. The summed E-state index contributed by atoms with van der Waals surface area (Å²) in [5.41, 5.74) is 0. The maximum Gasteiger partial charge on any atom is 0.0647 e. The van der Waals surface area contributed by atoms with E-state index in [1.54, 1.807) is 0 Å². The van der Waals surface area contributed by atoms with Crippen LogP contribution in [0.5, 0.6) is 0 Å². The minimum atomic E-state index is 0.350. The van der Waals surface area contributed by atoms with Crippen molar-refractivity contribution in [2.75, 3.05) is 19.8 Å². The van der Waals surface area contributed by atoms with Crippen LogP contribution in [0.3, 0.4) is 0 Å². The van der Waals surface area contributed by atoms with Crippen molar-refractivity contribution >= 4 is 0 Å². The SMILES string of the molecule is CC(C)COC/C=C/CCCOC(C)C. The zero-order valence-corrected chi connectivity index (χ0v) is 10.7. The average Bonchev–Trinajstić information content (AvgIpc) is 2.14. The van der Waals surface area contributed by atoms with Gasteiger partial charge >= 0.3 is 0 Å². The van der Waals surface area contributed by atoms with Crippen LogP contribution in [-0.4, -0.2) is 25.9 Å². The van der Waals surface area contributed by atoms with E-state index in [1.165, 1.54) is 0 Å². The monoisotopic (exact) mass is 214 g/mol. The molecule has 0 saturated heterocycles. The molecule has 0 radical (unpaired) electrons. The highest BCUT2D eigenvalue weighted by molar-refractivity contribution is 4.81. The van der Waals surface area contributed by atoms with E-state index in [9.17, 15) is 0 Å². The summed E-state index contributed by atoms with van der Waals surface area (Å²) >= 11 is 0. The Bertz CT molecular complexity index is 151. The summed E-state index contributed by atoms with van der Waals surface area (Å²) < 4.78 is 10.9. The number of hydrogen-bond acceptors (Lipinski definition) is 2. The molecule has 0 N–H and O–H groups in total. The predicted molar refractivity (Wildman–Crippen MR) is 65.1 cm³/mol. The van der Waals surface area contributed by atoms with Gasteiger partial charge in [-0.2, -0.15) is 0 Å². The number of ether oxygens (including phenoxy) is 2. The first-order valence-corrected chi connectivity index (χ1v) is 5.97. The molecule has 0 spiro atoms. The molecule has 0 aromatic rings. The third-order valence-corrected chi connectivity index (χ3v) is 1.80. The minimum Gasteiger partial charge on any atom is -0.379 e. The van der Waals surface area contributed by atoms with Gasteiger partial charge in [-0.25, -0.2) is 0 Å². The molecule has 0 fully saturated rings. The van der Waals surface area contributed by atoms with Crippen molar-refractivity contribution in [1.82, 2.24) is 0 Å².